The third kappa shape index (κ3) is 2.74. The van der Waals surface area contributed by atoms with E-state index in [0.29, 0.717) is 5.56 Å². The maximum atomic E-state index is 13.9. The van der Waals surface area contributed by atoms with Crippen LogP contribution in [0.4, 0.5) is 4.39 Å². The molecule has 2 aromatic rings. The zero-order valence-corrected chi connectivity index (χ0v) is 10.7. The summed E-state index contributed by atoms with van der Waals surface area (Å²) in [4.78, 5) is 4.48. The van der Waals surface area contributed by atoms with Crippen LogP contribution in [0.25, 0.3) is 0 Å². The zero-order valence-electron chi connectivity index (χ0n) is 10.7. The highest BCUT2D eigenvalue weighted by Crippen LogP contribution is 2.23. The van der Waals surface area contributed by atoms with E-state index in [9.17, 15) is 4.39 Å². The van der Waals surface area contributed by atoms with Gasteiger partial charge in [0.25, 0.3) is 0 Å². The SMILES string of the molecule is CCNC(c1cccc(C)n1)c1ccccc1F. The lowest BCUT2D eigenvalue weighted by Gasteiger charge is -2.18. The molecule has 1 aromatic heterocycles. The molecule has 18 heavy (non-hydrogen) atoms. The Morgan fingerprint density at radius 1 is 1.17 bits per heavy atom. The number of rotatable bonds is 4. The second kappa shape index (κ2) is 5.74. The van der Waals surface area contributed by atoms with Gasteiger partial charge >= 0.3 is 0 Å². The Hall–Kier alpha value is -1.74. The Bertz CT molecular complexity index is 525. The molecule has 1 aromatic carbocycles. The van der Waals surface area contributed by atoms with Crippen LogP contribution in [-0.4, -0.2) is 11.5 Å². The molecule has 1 unspecified atom stereocenters. The molecule has 2 nitrogen and oxygen atoms in total. The summed E-state index contributed by atoms with van der Waals surface area (Å²) < 4.78 is 13.9. The Morgan fingerprint density at radius 3 is 2.61 bits per heavy atom. The highest BCUT2D eigenvalue weighted by atomic mass is 19.1. The first-order valence-corrected chi connectivity index (χ1v) is 6.13. The van der Waals surface area contributed by atoms with Gasteiger partial charge < -0.3 is 5.32 Å². The molecule has 1 heterocycles. The van der Waals surface area contributed by atoms with Crippen LogP contribution in [-0.2, 0) is 0 Å². The van der Waals surface area contributed by atoms with E-state index in [2.05, 4.69) is 10.3 Å². The number of aromatic nitrogens is 1. The summed E-state index contributed by atoms with van der Waals surface area (Å²) in [7, 11) is 0. The van der Waals surface area contributed by atoms with E-state index in [1.807, 2.05) is 38.1 Å². The molecule has 0 aliphatic carbocycles. The van der Waals surface area contributed by atoms with E-state index in [0.717, 1.165) is 17.9 Å². The predicted octanol–water partition coefficient (Wildman–Crippen LogP) is 3.23. The smallest absolute Gasteiger partial charge is 0.128 e. The summed E-state index contributed by atoms with van der Waals surface area (Å²) >= 11 is 0. The van der Waals surface area contributed by atoms with Gasteiger partial charge in [0.15, 0.2) is 0 Å². The summed E-state index contributed by atoms with van der Waals surface area (Å²) in [6.07, 6.45) is 0. The van der Waals surface area contributed by atoms with E-state index in [1.54, 1.807) is 12.1 Å². The van der Waals surface area contributed by atoms with Crippen LogP contribution in [0.2, 0.25) is 0 Å². The van der Waals surface area contributed by atoms with Gasteiger partial charge in [-0.25, -0.2) is 4.39 Å². The van der Waals surface area contributed by atoms with Crippen molar-refractivity contribution in [3.8, 4) is 0 Å². The monoisotopic (exact) mass is 244 g/mol. The highest BCUT2D eigenvalue weighted by Gasteiger charge is 2.17. The quantitative estimate of drug-likeness (QED) is 0.893. The van der Waals surface area contributed by atoms with Crippen molar-refractivity contribution in [3.05, 3.63) is 65.2 Å². The summed E-state index contributed by atoms with van der Waals surface area (Å²) in [6.45, 7) is 4.70. The predicted molar refractivity (Wildman–Crippen MR) is 70.9 cm³/mol. The lowest BCUT2D eigenvalue weighted by atomic mass is 10.0. The normalized spacial score (nSPS) is 12.4. The van der Waals surface area contributed by atoms with E-state index in [-0.39, 0.29) is 11.9 Å². The van der Waals surface area contributed by atoms with Gasteiger partial charge in [0, 0.05) is 11.3 Å². The number of hydrogen-bond acceptors (Lipinski definition) is 2. The van der Waals surface area contributed by atoms with Crippen LogP contribution in [0.5, 0.6) is 0 Å². The molecule has 0 fully saturated rings. The van der Waals surface area contributed by atoms with Crippen molar-refractivity contribution in [3.63, 3.8) is 0 Å². The lowest BCUT2D eigenvalue weighted by Crippen LogP contribution is -2.24. The average molecular weight is 244 g/mol. The Morgan fingerprint density at radius 2 is 1.94 bits per heavy atom. The molecule has 0 aliphatic heterocycles. The van der Waals surface area contributed by atoms with Crippen molar-refractivity contribution in [1.82, 2.24) is 10.3 Å². The summed E-state index contributed by atoms with van der Waals surface area (Å²) in [5, 5.41) is 3.28. The number of nitrogens with one attached hydrogen (secondary N) is 1. The van der Waals surface area contributed by atoms with Gasteiger partial charge in [-0.15, -0.1) is 0 Å². The molecule has 0 saturated heterocycles. The van der Waals surface area contributed by atoms with E-state index in [1.165, 1.54) is 6.07 Å². The molecule has 1 atom stereocenters. The number of hydrogen-bond donors (Lipinski definition) is 1. The molecule has 94 valence electrons. The maximum absolute atomic E-state index is 13.9. The molecule has 0 saturated carbocycles. The average Bonchev–Trinajstić information content (AvgIpc) is 2.37. The largest absolute Gasteiger partial charge is 0.305 e. The van der Waals surface area contributed by atoms with Gasteiger partial charge in [-0.05, 0) is 31.7 Å². The number of aryl methyl sites for hydroxylation is 1. The molecule has 0 aliphatic rings. The third-order valence-electron chi connectivity index (χ3n) is 2.83. The molecule has 0 amide bonds. The van der Waals surface area contributed by atoms with Crippen LogP contribution in [0.1, 0.15) is 29.9 Å². The number of benzene rings is 1. The van der Waals surface area contributed by atoms with Crippen molar-refractivity contribution >= 4 is 0 Å². The summed E-state index contributed by atoms with van der Waals surface area (Å²) in [5.41, 5.74) is 2.42. The van der Waals surface area contributed by atoms with Crippen molar-refractivity contribution in [1.29, 1.82) is 0 Å². The van der Waals surface area contributed by atoms with Gasteiger partial charge in [0.05, 0.1) is 11.7 Å². The van der Waals surface area contributed by atoms with E-state index >= 15 is 0 Å². The van der Waals surface area contributed by atoms with Gasteiger partial charge in [-0.2, -0.15) is 0 Å². The van der Waals surface area contributed by atoms with E-state index < -0.39 is 0 Å². The van der Waals surface area contributed by atoms with Crippen LogP contribution < -0.4 is 5.32 Å². The van der Waals surface area contributed by atoms with Crippen molar-refractivity contribution in [2.24, 2.45) is 0 Å². The molecule has 1 N–H and O–H groups in total. The van der Waals surface area contributed by atoms with Crippen LogP contribution in [0.3, 0.4) is 0 Å². The fourth-order valence-electron chi connectivity index (χ4n) is 2.01. The molecule has 0 spiro atoms. The minimum atomic E-state index is -0.202. The third-order valence-corrected chi connectivity index (χ3v) is 2.83. The first-order chi connectivity index (χ1) is 8.72. The van der Waals surface area contributed by atoms with Gasteiger partial charge in [-0.3, -0.25) is 4.98 Å². The molecular weight excluding hydrogens is 227 g/mol. The molecule has 0 radical (unpaired) electrons. The van der Waals surface area contributed by atoms with Gasteiger partial charge in [-0.1, -0.05) is 31.2 Å². The van der Waals surface area contributed by atoms with Crippen LogP contribution in [0.15, 0.2) is 42.5 Å². The lowest BCUT2D eigenvalue weighted by molar-refractivity contribution is 0.551. The first-order valence-electron chi connectivity index (χ1n) is 6.13. The number of pyridine rings is 1. The van der Waals surface area contributed by atoms with Crippen molar-refractivity contribution < 1.29 is 4.39 Å². The fourth-order valence-corrected chi connectivity index (χ4v) is 2.01. The Balaban J connectivity index is 2.43. The minimum Gasteiger partial charge on any atom is -0.305 e. The topological polar surface area (TPSA) is 24.9 Å². The first kappa shape index (κ1) is 12.7. The van der Waals surface area contributed by atoms with Gasteiger partial charge in [0.2, 0.25) is 0 Å². The number of nitrogens with zero attached hydrogens (tertiary/aromatic N) is 1. The molecule has 3 heteroatoms. The van der Waals surface area contributed by atoms with Crippen LogP contribution >= 0.6 is 0 Å². The Kier molecular flexibility index (Phi) is 4.05. The standard InChI is InChI=1S/C15H17FN2/c1-3-17-15(12-8-4-5-9-13(12)16)14-10-6-7-11(2)18-14/h4-10,15,17H,3H2,1-2H3. The second-order valence-corrected chi connectivity index (χ2v) is 4.22. The Labute approximate surface area is 107 Å². The van der Waals surface area contributed by atoms with Crippen LogP contribution in [0, 0.1) is 12.7 Å². The molecule has 0 bridgehead atoms. The number of halogens is 1. The zero-order chi connectivity index (χ0) is 13.0. The maximum Gasteiger partial charge on any atom is 0.128 e. The summed E-state index contributed by atoms with van der Waals surface area (Å²) in [6, 6.07) is 12.4. The minimum absolute atomic E-state index is 0.198. The molecule has 2 rings (SSSR count). The molecular formula is C15H17FN2. The second-order valence-electron chi connectivity index (χ2n) is 4.22. The fraction of sp³-hybridized carbons (Fsp3) is 0.267. The van der Waals surface area contributed by atoms with Crippen molar-refractivity contribution in [2.45, 2.75) is 19.9 Å². The summed E-state index contributed by atoms with van der Waals surface area (Å²) in [5.74, 6) is -0.202. The van der Waals surface area contributed by atoms with Gasteiger partial charge in [0.1, 0.15) is 5.82 Å². The highest BCUT2D eigenvalue weighted by molar-refractivity contribution is 5.29. The van der Waals surface area contributed by atoms with Crippen molar-refractivity contribution in [2.75, 3.05) is 6.54 Å². The van der Waals surface area contributed by atoms with E-state index in [4.69, 9.17) is 0 Å².